The van der Waals surface area contributed by atoms with Crippen LogP contribution in [0, 0.1) is 42.4 Å². The highest BCUT2D eigenvalue weighted by atomic mass is 16.2. The fourth-order valence-electron chi connectivity index (χ4n) is 3.75. The number of para-hydroxylation sites is 1. The third-order valence-corrected chi connectivity index (χ3v) is 5.62. The van der Waals surface area contributed by atoms with Crippen LogP contribution in [-0.4, -0.2) is 34.9 Å². The van der Waals surface area contributed by atoms with E-state index in [0.717, 1.165) is 16.8 Å². The van der Waals surface area contributed by atoms with Gasteiger partial charge < -0.3 is 5.32 Å². The molecule has 0 bridgehead atoms. The minimum atomic E-state index is -0.686. The topological polar surface area (TPSA) is 177 Å². The Labute approximate surface area is 209 Å². The van der Waals surface area contributed by atoms with Crippen molar-refractivity contribution in [3.63, 3.8) is 0 Å². The molecule has 3 amide bonds. The molecule has 3 N–H and O–H groups in total. The number of benzene rings is 1. The minimum Gasteiger partial charge on any atom is -0.326 e. The maximum atomic E-state index is 13.1. The number of hydrogen-bond donors (Lipinski definition) is 3. The van der Waals surface area contributed by atoms with E-state index in [-0.39, 0.29) is 43.8 Å². The number of rotatable bonds is 10. The summed E-state index contributed by atoms with van der Waals surface area (Å²) >= 11 is 0. The van der Waals surface area contributed by atoms with Crippen LogP contribution in [0.15, 0.2) is 28.4 Å². The van der Waals surface area contributed by atoms with Gasteiger partial charge in [-0.15, -0.1) is 0 Å². The second-order valence-electron chi connectivity index (χ2n) is 8.41. The number of hydrazone groups is 2. The lowest BCUT2D eigenvalue weighted by atomic mass is 9.81. The Balaban J connectivity index is 2.02. The molecule has 0 aromatic heterocycles. The van der Waals surface area contributed by atoms with Crippen LogP contribution < -0.4 is 16.2 Å². The van der Waals surface area contributed by atoms with Crippen LogP contribution in [0.4, 0.5) is 5.69 Å². The Morgan fingerprint density at radius 2 is 1.53 bits per heavy atom. The molecule has 1 atom stereocenters. The smallest absolute Gasteiger partial charge is 0.254 e. The number of carbonyl (C=O) groups is 4. The highest BCUT2D eigenvalue weighted by Crippen LogP contribution is 2.24. The van der Waals surface area contributed by atoms with E-state index >= 15 is 0 Å². The molecule has 1 aromatic rings. The van der Waals surface area contributed by atoms with Crippen LogP contribution in [0.1, 0.15) is 62.5 Å². The molecule has 11 nitrogen and oxygen atoms in total. The van der Waals surface area contributed by atoms with Gasteiger partial charge in [-0.3, -0.25) is 19.2 Å². The summed E-state index contributed by atoms with van der Waals surface area (Å²) in [5, 5.41) is 28.2. The summed E-state index contributed by atoms with van der Waals surface area (Å²) in [5.41, 5.74) is 8.29. The second-order valence-corrected chi connectivity index (χ2v) is 8.41. The highest BCUT2D eigenvalue weighted by Gasteiger charge is 2.30. The normalized spacial score (nSPS) is 17.1. The molecular formula is C25H29N7O4. The van der Waals surface area contributed by atoms with E-state index in [2.05, 4.69) is 26.4 Å². The maximum Gasteiger partial charge on any atom is 0.254 e. The molecular weight excluding hydrogens is 462 g/mol. The summed E-state index contributed by atoms with van der Waals surface area (Å²) in [5.74, 6) is -2.18. The SMILES string of the molecule is Cc1cccc(C)c1NC(=O)CCCC(=O)[C@@H]1C/C(=N\NC(=O)CC#N)CC/C1=N/NC(=O)CC#N. The first-order valence-electron chi connectivity index (χ1n) is 11.6. The van der Waals surface area contributed by atoms with Gasteiger partial charge in [0.1, 0.15) is 18.6 Å². The lowest BCUT2D eigenvalue weighted by Gasteiger charge is -2.24. The average molecular weight is 492 g/mol. The fourth-order valence-corrected chi connectivity index (χ4v) is 3.75. The van der Waals surface area contributed by atoms with E-state index in [1.165, 1.54) is 0 Å². The Morgan fingerprint density at radius 3 is 2.14 bits per heavy atom. The van der Waals surface area contributed by atoms with Crippen molar-refractivity contribution in [2.75, 3.05) is 5.32 Å². The molecule has 1 aliphatic rings. The van der Waals surface area contributed by atoms with Crippen LogP contribution in [0.5, 0.6) is 0 Å². The lowest BCUT2D eigenvalue weighted by molar-refractivity contribution is -0.122. The van der Waals surface area contributed by atoms with Crippen LogP contribution in [-0.2, 0) is 19.2 Å². The van der Waals surface area contributed by atoms with Gasteiger partial charge in [-0.1, -0.05) is 18.2 Å². The van der Waals surface area contributed by atoms with E-state index in [1.807, 2.05) is 32.0 Å². The highest BCUT2D eigenvalue weighted by molar-refractivity contribution is 6.12. The van der Waals surface area contributed by atoms with Crippen molar-refractivity contribution in [1.82, 2.24) is 10.9 Å². The van der Waals surface area contributed by atoms with Crippen molar-refractivity contribution < 1.29 is 19.2 Å². The third kappa shape index (κ3) is 8.76. The Bertz CT molecular complexity index is 1140. The summed E-state index contributed by atoms with van der Waals surface area (Å²) < 4.78 is 0. The number of nitrogens with zero attached hydrogens (tertiary/aromatic N) is 4. The van der Waals surface area contributed by atoms with Crippen molar-refractivity contribution in [2.24, 2.45) is 16.1 Å². The van der Waals surface area contributed by atoms with Crippen molar-refractivity contribution in [1.29, 1.82) is 10.5 Å². The third-order valence-electron chi connectivity index (χ3n) is 5.62. The first-order valence-corrected chi connectivity index (χ1v) is 11.6. The summed E-state index contributed by atoms with van der Waals surface area (Å²) in [7, 11) is 0. The molecule has 0 radical (unpaired) electrons. The van der Waals surface area contributed by atoms with Gasteiger partial charge in [0.05, 0.1) is 18.1 Å². The molecule has 1 aromatic carbocycles. The molecule has 0 saturated heterocycles. The molecule has 36 heavy (non-hydrogen) atoms. The predicted octanol–water partition coefficient (Wildman–Crippen LogP) is 2.55. The van der Waals surface area contributed by atoms with Gasteiger partial charge in [0.2, 0.25) is 5.91 Å². The van der Waals surface area contributed by atoms with E-state index < -0.39 is 17.7 Å². The Kier molecular flexibility index (Phi) is 10.9. The predicted molar refractivity (Wildman–Crippen MR) is 132 cm³/mol. The number of Topliss-reactive ketones (excluding diaryl/α,β-unsaturated/α-hetero) is 1. The minimum absolute atomic E-state index is 0.115. The monoisotopic (exact) mass is 491 g/mol. The molecule has 2 rings (SSSR count). The average Bonchev–Trinajstić information content (AvgIpc) is 2.84. The van der Waals surface area contributed by atoms with Gasteiger partial charge in [0.15, 0.2) is 0 Å². The van der Waals surface area contributed by atoms with Crippen molar-refractivity contribution >= 4 is 40.6 Å². The quantitative estimate of drug-likeness (QED) is 0.423. The number of amides is 3. The molecule has 11 heteroatoms. The molecule has 0 unspecified atom stereocenters. The second kappa shape index (κ2) is 14.1. The van der Waals surface area contributed by atoms with Gasteiger partial charge in [0.25, 0.3) is 11.8 Å². The molecule has 0 aliphatic heterocycles. The Hall–Kier alpha value is -4.38. The number of ketones is 1. The summed E-state index contributed by atoms with van der Waals surface area (Å²) in [6.45, 7) is 3.82. The van der Waals surface area contributed by atoms with Crippen LogP contribution in [0.25, 0.3) is 0 Å². The molecule has 1 saturated carbocycles. The van der Waals surface area contributed by atoms with Gasteiger partial charge >= 0.3 is 0 Å². The van der Waals surface area contributed by atoms with E-state index in [1.54, 1.807) is 12.1 Å². The first kappa shape index (κ1) is 27.9. The summed E-state index contributed by atoms with van der Waals surface area (Å²) in [6.07, 6.45) is 0.819. The van der Waals surface area contributed by atoms with Gasteiger partial charge in [-0.2, -0.15) is 20.7 Å². The van der Waals surface area contributed by atoms with E-state index in [9.17, 15) is 19.2 Å². The van der Waals surface area contributed by atoms with Crippen molar-refractivity contribution in [2.45, 2.75) is 65.2 Å². The zero-order chi connectivity index (χ0) is 26.5. The van der Waals surface area contributed by atoms with Gasteiger partial charge in [-0.05, 0) is 44.2 Å². The fraction of sp³-hybridized carbons (Fsp3) is 0.440. The zero-order valence-electron chi connectivity index (χ0n) is 20.4. The first-order chi connectivity index (χ1) is 17.2. The number of carbonyl (C=O) groups excluding carboxylic acids is 4. The van der Waals surface area contributed by atoms with E-state index in [4.69, 9.17) is 10.5 Å². The Morgan fingerprint density at radius 1 is 0.917 bits per heavy atom. The molecule has 0 heterocycles. The lowest BCUT2D eigenvalue weighted by Crippen LogP contribution is -2.35. The summed E-state index contributed by atoms with van der Waals surface area (Å²) in [6, 6.07) is 9.19. The number of anilines is 1. The van der Waals surface area contributed by atoms with Crippen molar-refractivity contribution in [3.05, 3.63) is 29.3 Å². The van der Waals surface area contributed by atoms with Gasteiger partial charge in [-0.25, -0.2) is 10.9 Å². The summed E-state index contributed by atoms with van der Waals surface area (Å²) in [4.78, 5) is 48.7. The number of nitriles is 2. The molecule has 188 valence electrons. The molecule has 1 fully saturated rings. The van der Waals surface area contributed by atoms with Gasteiger partial charge in [0, 0.05) is 36.4 Å². The number of hydrogen-bond acceptors (Lipinski definition) is 8. The number of nitrogens with one attached hydrogen (secondary N) is 3. The molecule has 0 spiro atoms. The number of aryl methyl sites for hydroxylation is 2. The maximum absolute atomic E-state index is 13.1. The van der Waals surface area contributed by atoms with Crippen LogP contribution >= 0.6 is 0 Å². The van der Waals surface area contributed by atoms with Crippen molar-refractivity contribution in [3.8, 4) is 12.1 Å². The van der Waals surface area contributed by atoms with Crippen LogP contribution in [0.2, 0.25) is 0 Å². The zero-order valence-corrected chi connectivity index (χ0v) is 20.4. The largest absolute Gasteiger partial charge is 0.326 e. The van der Waals surface area contributed by atoms with E-state index in [0.29, 0.717) is 30.7 Å². The molecule has 1 aliphatic carbocycles. The van der Waals surface area contributed by atoms with Crippen LogP contribution in [0.3, 0.4) is 0 Å². The standard InChI is InChI=1S/C25H29N7O4/c1-16-5-3-6-17(2)25(16)28-22(34)8-4-7-21(33)19-15-18(29-31-23(35)11-13-26)9-10-20(19)30-32-24(36)12-14-27/h3,5-6,19H,4,7-12,15H2,1-2H3,(H,28,34)(H,31,35)(H,32,36)/b29-18-,30-20-/t19-/m1/s1.